The van der Waals surface area contributed by atoms with E-state index in [0.717, 1.165) is 0 Å². The maximum atomic E-state index is 11.8. The van der Waals surface area contributed by atoms with E-state index in [1.165, 1.54) is 7.11 Å². The second-order valence-corrected chi connectivity index (χ2v) is 4.37. The van der Waals surface area contributed by atoms with Crippen LogP contribution in [0.5, 0.6) is 5.75 Å². The molecule has 1 aromatic carbocycles. The number of hydrogen-bond acceptors (Lipinski definition) is 3. The second kappa shape index (κ2) is 5.84. The van der Waals surface area contributed by atoms with Crippen LogP contribution in [0.1, 0.15) is 6.92 Å². The molecule has 1 amide bonds. The van der Waals surface area contributed by atoms with Gasteiger partial charge in [0.25, 0.3) is 0 Å². The highest BCUT2D eigenvalue weighted by Crippen LogP contribution is 2.27. The minimum atomic E-state index is -0.548. The van der Waals surface area contributed by atoms with Crippen molar-refractivity contribution in [1.82, 2.24) is 0 Å². The first-order chi connectivity index (χ1) is 7.95. The van der Waals surface area contributed by atoms with Gasteiger partial charge in [-0.1, -0.05) is 23.8 Å². The first kappa shape index (κ1) is 13.7. The summed E-state index contributed by atoms with van der Waals surface area (Å²) < 4.78 is 5.10. The van der Waals surface area contributed by atoms with Crippen molar-refractivity contribution in [1.29, 1.82) is 0 Å². The number of carbonyl (C=O) groups excluding carboxylic acids is 1. The molecule has 0 saturated heterocycles. The van der Waals surface area contributed by atoms with E-state index in [2.05, 4.69) is 5.32 Å². The summed E-state index contributed by atoms with van der Waals surface area (Å²) in [7, 11) is 1.51. The summed E-state index contributed by atoms with van der Waals surface area (Å²) in [6.45, 7) is 1.63. The van der Waals surface area contributed by atoms with Crippen LogP contribution < -0.4 is 15.8 Å². The average molecular weight is 273 g/mol. The predicted molar refractivity (Wildman–Crippen MR) is 72.6 cm³/mol. The molecule has 4 nitrogen and oxygen atoms in total. The number of methoxy groups -OCH3 is 1. The Morgan fingerprint density at radius 2 is 2.24 bits per heavy atom. The molecule has 1 rings (SSSR count). The molecule has 1 aromatic rings. The molecule has 0 aromatic heterocycles. The molecule has 92 valence electrons. The number of nitrogens with one attached hydrogen (secondary N) is 1. The van der Waals surface area contributed by atoms with E-state index in [4.69, 9.17) is 34.3 Å². The average Bonchev–Trinajstić information content (AvgIpc) is 2.28. The number of halogens is 1. The van der Waals surface area contributed by atoms with Gasteiger partial charge >= 0.3 is 0 Å². The minimum Gasteiger partial charge on any atom is -0.495 e. The number of carbonyl (C=O) groups is 1. The predicted octanol–water partition coefficient (Wildman–Crippen LogP) is 2.21. The first-order valence-electron chi connectivity index (χ1n) is 4.89. The molecule has 0 aliphatic carbocycles. The summed E-state index contributed by atoms with van der Waals surface area (Å²) in [5, 5.41) is 3.17. The lowest BCUT2D eigenvalue weighted by Crippen LogP contribution is -2.30. The van der Waals surface area contributed by atoms with Crippen LogP contribution in [0.4, 0.5) is 5.69 Å². The Hall–Kier alpha value is -1.33. The number of benzene rings is 1. The number of rotatable bonds is 4. The monoisotopic (exact) mass is 272 g/mol. The molecule has 0 bridgehead atoms. The van der Waals surface area contributed by atoms with Crippen molar-refractivity contribution in [3.8, 4) is 5.75 Å². The highest BCUT2D eigenvalue weighted by Gasteiger charge is 2.17. The first-order valence-corrected chi connectivity index (χ1v) is 5.68. The molecule has 1 atom stereocenters. The molecule has 17 heavy (non-hydrogen) atoms. The number of nitrogens with two attached hydrogens (primary N) is 1. The van der Waals surface area contributed by atoms with Gasteiger partial charge in [-0.15, -0.1) is 0 Å². The normalized spacial score (nSPS) is 11.7. The van der Waals surface area contributed by atoms with Gasteiger partial charge in [-0.3, -0.25) is 4.79 Å². The molecule has 0 fully saturated rings. The summed E-state index contributed by atoms with van der Waals surface area (Å²) in [6, 6.07) is 4.95. The van der Waals surface area contributed by atoms with Crippen molar-refractivity contribution in [2.24, 2.45) is 11.7 Å². The summed E-state index contributed by atoms with van der Waals surface area (Å²) >= 11 is 10.6. The molecule has 0 heterocycles. The summed E-state index contributed by atoms with van der Waals surface area (Å²) in [5.41, 5.74) is 5.90. The molecule has 1 unspecified atom stereocenters. The van der Waals surface area contributed by atoms with E-state index in [-0.39, 0.29) is 10.9 Å². The van der Waals surface area contributed by atoms with Crippen molar-refractivity contribution in [2.45, 2.75) is 6.92 Å². The van der Waals surface area contributed by atoms with Gasteiger partial charge in [0, 0.05) is 5.02 Å². The Labute approximate surface area is 110 Å². The number of thiocarbonyl (C=S) groups is 1. The Kier molecular flexibility index (Phi) is 4.72. The van der Waals surface area contributed by atoms with Gasteiger partial charge in [0.2, 0.25) is 5.91 Å². The van der Waals surface area contributed by atoms with Gasteiger partial charge in [-0.2, -0.15) is 0 Å². The second-order valence-electron chi connectivity index (χ2n) is 3.46. The third kappa shape index (κ3) is 3.57. The Bertz CT molecular complexity index is 451. The van der Waals surface area contributed by atoms with Crippen molar-refractivity contribution in [3.05, 3.63) is 23.2 Å². The Balaban J connectivity index is 2.91. The summed E-state index contributed by atoms with van der Waals surface area (Å²) in [6.07, 6.45) is 0. The maximum Gasteiger partial charge on any atom is 0.234 e. The van der Waals surface area contributed by atoms with Crippen molar-refractivity contribution >= 4 is 40.4 Å². The van der Waals surface area contributed by atoms with Crippen LogP contribution in [0.3, 0.4) is 0 Å². The molecule has 0 radical (unpaired) electrons. The standard InChI is InChI=1S/C11H13ClN2O2S/c1-6(10(13)17)11(15)14-8-5-7(12)3-4-9(8)16-2/h3-6H,1-2H3,(H2,13,17)(H,14,15). The Morgan fingerprint density at radius 1 is 1.59 bits per heavy atom. The molecule has 0 spiro atoms. The molecule has 0 aliphatic rings. The van der Waals surface area contributed by atoms with Gasteiger partial charge in [0.15, 0.2) is 0 Å². The third-order valence-corrected chi connectivity index (χ3v) is 2.83. The fourth-order valence-electron chi connectivity index (χ4n) is 1.15. The fourth-order valence-corrected chi connectivity index (χ4v) is 1.43. The number of anilines is 1. The number of amides is 1. The highest BCUT2D eigenvalue weighted by atomic mass is 35.5. The Morgan fingerprint density at radius 3 is 2.76 bits per heavy atom. The lowest BCUT2D eigenvalue weighted by Gasteiger charge is -2.13. The number of hydrogen-bond donors (Lipinski definition) is 2. The zero-order chi connectivity index (χ0) is 13.0. The molecule has 6 heteroatoms. The zero-order valence-corrected chi connectivity index (χ0v) is 11.1. The largest absolute Gasteiger partial charge is 0.495 e. The summed E-state index contributed by atoms with van der Waals surface area (Å²) in [5.74, 6) is -0.315. The fraction of sp³-hybridized carbons (Fsp3) is 0.273. The summed E-state index contributed by atoms with van der Waals surface area (Å²) in [4.78, 5) is 11.9. The van der Waals surface area contributed by atoms with E-state index in [1.807, 2.05) is 0 Å². The molecule has 0 saturated carbocycles. The van der Waals surface area contributed by atoms with Gasteiger partial charge in [0.1, 0.15) is 5.75 Å². The molecule has 0 aliphatic heterocycles. The van der Waals surface area contributed by atoms with E-state index in [9.17, 15) is 4.79 Å². The highest BCUT2D eigenvalue weighted by molar-refractivity contribution is 7.80. The van der Waals surface area contributed by atoms with Crippen LogP contribution in [0.15, 0.2) is 18.2 Å². The third-order valence-electron chi connectivity index (χ3n) is 2.24. The lowest BCUT2D eigenvalue weighted by atomic mass is 10.1. The van der Waals surface area contributed by atoms with Crippen molar-refractivity contribution in [3.63, 3.8) is 0 Å². The van der Waals surface area contributed by atoms with Gasteiger partial charge in [0.05, 0.1) is 23.7 Å². The van der Waals surface area contributed by atoms with Crippen LogP contribution in [-0.4, -0.2) is 18.0 Å². The van der Waals surface area contributed by atoms with Gasteiger partial charge in [-0.05, 0) is 25.1 Å². The topological polar surface area (TPSA) is 64.3 Å². The van der Waals surface area contributed by atoms with Gasteiger partial charge < -0.3 is 15.8 Å². The van der Waals surface area contributed by atoms with E-state index in [0.29, 0.717) is 16.5 Å². The van der Waals surface area contributed by atoms with E-state index >= 15 is 0 Å². The smallest absolute Gasteiger partial charge is 0.234 e. The van der Waals surface area contributed by atoms with Crippen LogP contribution in [0.25, 0.3) is 0 Å². The van der Waals surface area contributed by atoms with Crippen molar-refractivity contribution < 1.29 is 9.53 Å². The van der Waals surface area contributed by atoms with Crippen LogP contribution in [0.2, 0.25) is 5.02 Å². The van der Waals surface area contributed by atoms with Gasteiger partial charge in [-0.25, -0.2) is 0 Å². The maximum absolute atomic E-state index is 11.8. The quantitative estimate of drug-likeness (QED) is 0.825. The van der Waals surface area contributed by atoms with E-state index < -0.39 is 5.92 Å². The van der Waals surface area contributed by atoms with Crippen LogP contribution >= 0.6 is 23.8 Å². The number of ether oxygens (including phenoxy) is 1. The zero-order valence-electron chi connectivity index (χ0n) is 9.49. The van der Waals surface area contributed by atoms with Crippen LogP contribution in [0, 0.1) is 5.92 Å². The van der Waals surface area contributed by atoms with E-state index in [1.54, 1.807) is 25.1 Å². The van der Waals surface area contributed by atoms with Crippen molar-refractivity contribution in [2.75, 3.05) is 12.4 Å². The molecular formula is C11H13ClN2O2S. The van der Waals surface area contributed by atoms with Crippen LogP contribution in [-0.2, 0) is 4.79 Å². The SMILES string of the molecule is COc1ccc(Cl)cc1NC(=O)C(C)C(N)=S. The molecule has 3 N–H and O–H groups in total. The lowest BCUT2D eigenvalue weighted by molar-refractivity contribution is -0.117. The molecular weight excluding hydrogens is 260 g/mol. The minimum absolute atomic E-state index is 0.142.